The smallest absolute Gasteiger partial charge is 0.317 e. The number of nitrogens with zero attached hydrogens (tertiary/aromatic N) is 1. The third kappa shape index (κ3) is 6.59. The van der Waals surface area contributed by atoms with Gasteiger partial charge in [0.15, 0.2) is 0 Å². The summed E-state index contributed by atoms with van der Waals surface area (Å²) < 4.78 is 5.74. The molecule has 128 valence electrons. The molecule has 1 aromatic carbocycles. The second-order valence-corrected chi connectivity index (χ2v) is 6.09. The van der Waals surface area contributed by atoms with Crippen LogP contribution in [-0.4, -0.2) is 42.2 Å². The van der Waals surface area contributed by atoms with Gasteiger partial charge in [0.1, 0.15) is 5.75 Å². The summed E-state index contributed by atoms with van der Waals surface area (Å²) in [5.41, 5.74) is 0.890. The van der Waals surface area contributed by atoms with Gasteiger partial charge in [-0.25, -0.2) is 4.79 Å². The number of hydrogen-bond donors (Lipinski definition) is 2. The maximum absolute atomic E-state index is 12.0. The van der Waals surface area contributed by atoms with E-state index in [1.165, 1.54) is 4.90 Å². The molecule has 2 N–H and O–H groups in total. The van der Waals surface area contributed by atoms with Gasteiger partial charge in [-0.05, 0) is 12.0 Å². The minimum atomic E-state index is -0.919. The number of benzene rings is 1. The summed E-state index contributed by atoms with van der Waals surface area (Å²) in [6.45, 7) is 6.82. The molecule has 0 saturated heterocycles. The van der Waals surface area contributed by atoms with Crippen LogP contribution in [0.3, 0.4) is 0 Å². The molecule has 6 heteroatoms. The number of nitrogens with one attached hydrogen (secondary N) is 1. The van der Waals surface area contributed by atoms with Gasteiger partial charge < -0.3 is 20.1 Å². The first kappa shape index (κ1) is 18.8. The van der Waals surface area contributed by atoms with Gasteiger partial charge in [0.05, 0.1) is 12.5 Å². The zero-order chi connectivity index (χ0) is 17.4. The fourth-order valence-corrected chi connectivity index (χ4v) is 1.92. The van der Waals surface area contributed by atoms with Crippen LogP contribution in [0, 0.1) is 11.8 Å². The molecule has 6 nitrogen and oxygen atoms in total. The molecular weight excluding hydrogens is 296 g/mol. The summed E-state index contributed by atoms with van der Waals surface area (Å²) >= 11 is 0. The van der Waals surface area contributed by atoms with Gasteiger partial charge in [0.2, 0.25) is 0 Å². The van der Waals surface area contributed by atoms with Crippen LogP contribution in [0.5, 0.6) is 5.75 Å². The molecule has 0 heterocycles. The normalized spacial score (nSPS) is 11.9. The highest BCUT2D eigenvalue weighted by atomic mass is 16.5. The number of carbonyl (C=O) groups is 2. The van der Waals surface area contributed by atoms with Gasteiger partial charge in [-0.15, -0.1) is 0 Å². The number of carboxylic acids is 1. The van der Waals surface area contributed by atoms with E-state index in [9.17, 15) is 9.59 Å². The number of rotatable bonds is 8. The summed E-state index contributed by atoms with van der Waals surface area (Å²) in [4.78, 5) is 24.2. The third-order valence-electron chi connectivity index (χ3n) is 3.29. The molecule has 1 atom stereocenters. The monoisotopic (exact) mass is 322 g/mol. The van der Waals surface area contributed by atoms with Crippen LogP contribution >= 0.6 is 0 Å². The van der Waals surface area contributed by atoms with Crippen molar-refractivity contribution in [3.8, 4) is 5.75 Å². The van der Waals surface area contributed by atoms with Gasteiger partial charge in [-0.1, -0.05) is 39.0 Å². The minimum Gasteiger partial charge on any atom is -0.493 e. The van der Waals surface area contributed by atoms with Crippen LogP contribution < -0.4 is 10.1 Å². The van der Waals surface area contributed by atoms with Crippen LogP contribution in [0.15, 0.2) is 24.3 Å². The van der Waals surface area contributed by atoms with E-state index in [0.29, 0.717) is 19.1 Å². The largest absolute Gasteiger partial charge is 0.493 e. The lowest BCUT2D eigenvalue weighted by atomic mass is 10.2. The van der Waals surface area contributed by atoms with Gasteiger partial charge in [-0.3, -0.25) is 4.79 Å². The lowest BCUT2D eigenvalue weighted by molar-refractivity contribution is -0.141. The van der Waals surface area contributed by atoms with Crippen LogP contribution in [0.2, 0.25) is 0 Å². The fraction of sp³-hybridized carbons (Fsp3) is 0.529. The quantitative estimate of drug-likeness (QED) is 0.771. The zero-order valence-electron chi connectivity index (χ0n) is 14.2. The summed E-state index contributed by atoms with van der Waals surface area (Å²) in [6, 6.07) is 7.24. The van der Waals surface area contributed by atoms with Gasteiger partial charge >= 0.3 is 12.0 Å². The number of urea groups is 1. The van der Waals surface area contributed by atoms with Gasteiger partial charge in [-0.2, -0.15) is 0 Å². The molecule has 0 aliphatic rings. The van der Waals surface area contributed by atoms with Crippen molar-refractivity contribution in [2.45, 2.75) is 27.3 Å². The highest BCUT2D eigenvalue weighted by Gasteiger charge is 2.17. The van der Waals surface area contributed by atoms with Crippen LogP contribution in [0.25, 0.3) is 0 Å². The van der Waals surface area contributed by atoms with E-state index >= 15 is 0 Å². The van der Waals surface area contributed by atoms with Crippen molar-refractivity contribution in [1.29, 1.82) is 0 Å². The van der Waals surface area contributed by atoms with Crippen molar-refractivity contribution < 1.29 is 19.4 Å². The standard InChI is InChI=1S/C17H26N2O4/c1-12(2)11-23-15-8-6-5-7-14(15)9-18-17(22)19(4)10-13(3)16(20)21/h5-8,12-13H,9-11H2,1-4H3,(H,18,22)(H,20,21). The number of para-hydroxylation sites is 1. The number of hydrogen-bond acceptors (Lipinski definition) is 3. The maximum atomic E-state index is 12.0. The molecule has 0 bridgehead atoms. The van der Waals surface area contributed by atoms with E-state index < -0.39 is 11.9 Å². The molecule has 0 radical (unpaired) electrons. The lowest BCUT2D eigenvalue weighted by Gasteiger charge is -2.20. The predicted octanol–water partition coefficient (Wildman–Crippen LogP) is 2.58. The average Bonchev–Trinajstić information content (AvgIpc) is 2.50. The molecule has 0 aromatic heterocycles. The van der Waals surface area contributed by atoms with Crippen molar-refractivity contribution in [2.75, 3.05) is 20.2 Å². The Morgan fingerprint density at radius 3 is 2.52 bits per heavy atom. The Morgan fingerprint density at radius 2 is 1.91 bits per heavy atom. The zero-order valence-corrected chi connectivity index (χ0v) is 14.2. The molecule has 0 aliphatic carbocycles. The number of carboxylic acid groups (broad SMARTS) is 1. The van der Waals surface area contributed by atoms with Gasteiger partial charge in [0.25, 0.3) is 0 Å². The van der Waals surface area contributed by atoms with Crippen molar-refractivity contribution in [1.82, 2.24) is 10.2 Å². The lowest BCUT2D eigenvalue weighted by Crippen LogP contribution is -2.40. The summed E-state index contributed by atoms with van der Waals surface area (Å²) in [7, 11) is 1.58. The Balaban J connectivity index is 2.57. The maximum Gasteiger partial charge on any atom is 0.317 e. The number of amides is 2. The SMILES string of the molecule is CC(C)COc1ccccc1CNC(=O)N(C)CC(C)C(=O)O. The van der Waals surface area contributed by atoms with Crippen molar-refractivity contribution >= 4 is 12.0 Å². The van der Waals surface area contributed by atoms with Crippen LogP contribution in [0.4, 0.5) is 4.79 Å². The van der Waals surface area contributed by atoms with Crippen molar-refractivity contribution in [3.05, 3.63) is 29.8 Å². The van der Waals surface area contributed by atoms with Gasteiger partial charge in [0, 0.05) is 25.7 Å². The molecule has 23 heavy (non-hydrogen) atoms. The molecule has 1 rings (SSSR count). The molecular formula is C17H26N2O4. The minimum absolute atomic E-state index is 0.159. The Hall–Kier alpha value is -2.24. The first-order chi connectivity index (χ1) is 10.8. The van der Waals surface area contributed by atoms with E-state index in [1.807, 2.05) is 24.3 Å². The molecule has 1 aromatic rings. The van der Waals surface area contributed by atoms with E-state index in [4.69, 9.17) is 9.84 Å². The van der Waals surface area contributed by atoms with Crippen LogP contribution in [-0.2, 0) is 11.3 Å². The summed E-state index contributed by atoms with van der Waals surface area (Å²) in [6.07, 6.45) is 0. The molecule has 0 fully saturated rings. The summed E-state index contributed by atoms with van der Waals surface area (Å²) in [5.74, 6) is -0.353. The number of carbonyl (C=O) groups excluding carboxylic acids is 1. The second-order valence-electron chi connectivity index (χ2n) is 6.09. The highest BCUT2D eigenvalue weighted by molar-refractivity contribution is 5.75. The van der Waals surface area contributed by atoms with Crippen molar-refractivity contribution in [3.63, 3.8) is 0 Å². The Morgan fingerprint density at radius 1 is 1.26 bits per heavy atom. The predicted molar refractivity (Wildman–Crippen MR) is 88.4 cm³/mol. The highest BCUT2D eigenvalue weighted by Crippen LogP contribution is 2.18. The summed E-state index contributed by atoms with van der Waals surface area (Å²) in [5, 5.41) is 11.7. The van der Waals surface area contributed by atoms with E-state index in [2.05, 4.69) is 19.2 Å². The Bertz CT molecular complexity index is 531. The Labute approximate surface area is 137 Å². The third-order valence-corrected chi connectivity index (χ3v) is 3.29. The second kappa shape index (κ2) is 9.02. The molecule has 0 spiro atoms. The number of aliphatic carboxylic acids is 1. The molecule has 2 amide bonds. The van der Waals surface area contributed by atoms with Crippen molar-refractivity contribution in [2.24, 2.45) is 11.8 Å². The van der Waals surface area contributed by atoms with E-state index in [-0.39, 0.29) is 12.6 Å². The Kier molecular flexibility index (Phi) is 7.38. The topological polar surface area (TPSA) is 78.9 Å². The average molecular weight is 322 g/mol. The molecule has 1 unspecified atom stereocenters. The first-order valence-electron chi connectivity index (χ1n) is 7.73. The van der Waals surface area contributed by atoms with E-state index in [0.717, 1.165) is 11.3 Å². The number of ether oxygens (including phenoxy) is 1. The molecule has 0 saturated carbocycles. The van der Waals surface area contributed by atoms with E-state index in [1.54, 1.807) is 14.0 Å². The molecule has 0 aliphatic heterocycles. The fourth-order valence-electron chi connectivity index (χ4n) is 1.92. The van der Waals surface area contributed by atoms with Crippen LogP contribution in [0.1, 0.15) is 26.3 Å². The first-order valence-corrected chi connectivity index (χ1v) is 7.73.